The van der Waals surface area contributed by atoms with Gasteiger partial charge in [-0.3, -0.25) is 9.69 Å². The topological polar surface area (TPSA) is 78.6 Å². The van der Waals surface area contributed by atoms with Crippen molar-refractivity contribution in [2.75, 3.05) is 19.6 Å². The Morgan fingerprint density at radius 3 is 2.24 bits per heavy atom. The Bertz CT molecular complexity index is 599. The van der Waals surface area contributed by atoms with Gasteiger partial charge < -0.3 is 16.2 Å². The zero-order valence-electron chi connectivity index (χ0n) is 17.3. The summed E-state index contributed by atoms with van der Waals surface area (Å²) in [6.45, 7) is 4.04. The normalized spacial score (nSPS) is 19.7. The molecule has 29 heavy (non-hydrogen) atoms. The summed E-state index contributed by atoms with van der Waals surface area (Å²) in [5.41, 5.74) is 8.43. The maximum atomic E-state index is 12.4. The summed E-state index contributed by atoms with van der Waals surface area (Å²) in [7, 11) is 0. The molecule has 1 aromatic rings. The van der Waals surface area contributed by atoms with Crippen molar-refractivity contribution in [3.63, 3.8) is 0 Å². The van der Waals surface area contributed by atoms with Crippen LogP contribution in [0.2, 0.25) is 0 Å². The van der Waals surface area contributed by atoms with Gasteiger partial charge in [0, 0.05) is 32.6 Å². The number of hydrogen-bond donors (Lipinski definition) is 3. The van der Waals surface area contributed by atoms with Crippen LogP contribution in [0, 0.1) is 5.41 Å². The van der Waals surface area contributed by atoms with Gasteiger partial charge >= 0.3 is 0 Å². The van der Waals surface area contributed by atoms with Gasteiger partial charge in [-0.1, -0.05) is 43.5 Å². The number of likely N-dealkylation sites (tertiary alicyclic amines) is 1. The van der Waals surface area contributed by atoms with Crippen molar-refractivity contribution in [3.8, 4) is 0 Å². The number of halogens is 2. The quantitative estimate of drug-likeness (QED) is 0.600. The van der Waals surface area contributed by atoms with Crippen LogP contribution >= 0.6 is 24.8 Å². The average Bonchev–Trinajstić information content (AvgIpc) is 2.70. The third-order valence-corrected chi connectivity index (χ3v) is 6.36. The second kappa shape index (κ2) is 12.8. The molecule has 0 atom stereocenters. The smallest absolute Gasteiger partial charge is 0.220 e. The summed E-state index contributed by atoms with van der Waals surface area (Å²) in [4.78, 5) is 14.8. The van der Waals surface area contributed by atoms with Gasteiger partial charge in [-0.05, 0) is 48.8 Å². The Kier molecular flexibility index (Phi) is 11.5. The number of aliphatic hydroxyl groups excluding tert-OH is 1. The zero-order chi connectivity index (χ0) is 19.1. The number of piperidine rings is 1. The molecule has 0 radical (unpaired) electrons. The van der Waals surface area contributed by atoms with E-state index in [0.717, 1.165) is 50.9 Å². The number of carbonyl (C=O) groups is 1. The van der Waals surface area contributed by atoms with Gasteiger partial charge in [0.1, 0.15) is 0 Å². The Balaban J connectivity index is 0.00000210. The Morgan fingerprint density at radius 2 is 1.66 bits per heavy atom. The summed E-state index contributed by atoms with van der Waals surface area (Å²) in [5, 5.41) is 12.7. The molecular formula is C22H37Cl2N3O2. The van der Waals surface area contributed by atoms with Gasteiger partial charge in [0.05, 0.1) is 6.10 Å². The van der Waals surface area contributed by atoms with E-state index < -0.39 is 0 Å². The van der Waals surface area contributed by atoms with Crippen molar-refractivity contribution in [1.29, 1.82) is 0 Å². The van der Waals surface area contributed by atoms with Crippen LogP contribution in [0.3, 0.4) is 0 Å². The number of aliphatic hydroxyl groups is 1. The van der Waals surface area contributed by atoms with Gasteiger partial charge in [-0.2, -0.15) is 0 Å². The summed E-state index contributed by atoms with van der Waals surface area (Å²) >= 11 is 0. The molecule has 0 aromatic heterocycles. The van der Waals surface area contributed by atoms with Crippen LogP contribution in [0.1, 0.15) is 62.5 Å². The third kappa shape index (κ3) is 8.06. The molecule has 2 fully saturated rings. The van der Waals surface area contributed by atoms with E-state index in [-0.39, 0.29) is 42.2 Å². The largest absolute Gasteiger partial charge is 0.393 e. The summed E-state index contributed by atoms with van der Waals surface area (Å²) in [6.07, 6.45) is 8.00. The second-order valence-corrected chi connectivity index (χ2v) is 8.54. The van der Waals surface area contributed by atoms with Crippen LogP contribution in [0.25, 0.3) is 0 Å². The lowest BCUT2D eigenvalue weighted by Gasteiger charge is -2.35. The molecule has 7 heteroatoms. The lowest BCUT2D eigenvalue weighted by molar-refractivity contribution is -0.124. The lowest BCUT2D eigenvalue weighted by atomic mass is 9.71. The number of benzene rings is 1. The summed E-state index contributed by atoms with van der Waals surface area (Å²) in [5.74, 6) is 0.123. The monoisotopic (exact) mass is 445 g/mol. The maximum Gasteiger partial charge on any atom is 0.220 e. The Hall–Kier alpha value is -0.850. The minimum absolute atomic E-state index is 0. The first-order valence-corrected chi connectivity index (χ1v) is 10.5. The van der Waals surface area contributed by atoms with Gasteiger partial charge in [-0.15, -0.1) is 24.8 Å². The van der Waals surface area contributed by atoms with E-state index in [4.69, 9.17) is 5.73 Å². The molecule has 1 aliphatic carbocycles. The molecule has 5 nitrogen and oxygen atoms in total. The molecule has 1 saturated carbocycles. The minimum atomic E-state index is -0.126. The number of nitrogens with zero attached hydrogens (tertiary/aromatic N) is 1. The first-order chi connectivity index (χ1) is 13.1. The van der Waals surface area contributed by atoms with Crippen LogP contribution in [0.4, 0.5) is 0 Å². The SMILES string of the molecule is Cl.Cl.NCC1(CC(=O)NCc2ccc(CN3CCC(O)CC3)cc2)CCCCC1. The number of nitrogens with two attached hydrogens (primary N) is 1. The van der Waals surface area contributed by atoms with Crippen LogP contribution in [-0.4, -0.2) is 41.7 Å². The highest BCUT2D eigenvalue weighted by Gasteiger charge is 2.32. The molecule has 0 bridgehead atoms. The van der Waals surface area contributed by atoms with Crippen LogP contribution in [0.15, 0.2) is 24.3 Å². The predicted molar refractivity (Wildman–Crippen MR) is 122 cm³/mol. The molecule has 0 spiro atoms. The van der Waals surface area contributed by atoms with Crippen molar-refractivity contribution in [2.24, 2.45) is 11.1 Å². The molecule has 3 rings (SSSR count). The van der Waals surface area contributed by atoms with E-state index in [2.05, 4.69) is 34.5 Å². The van der Waals surface area contributed by atoms with Crippen molar-refractivity contribution in [1.82, 2.24) is 10.2 Å². The Labute approximate surface area is 187 Å². The van der Waals surface area contributed by atoms with E-state index in [1.54, 1.807) is 0 Å². The number of carbonyl (C=O) groups excluding carboxylic acids is 1. The van der Waals surface area contributed by atoms with Crippen molar-refractivity contribution in [2.45, 2.75) is 70.6 Å². The lowest BCUT2D eigenvalue weighted by Crippen LogP contribution is -2.38. The van der Waals surface area contributed by atoms with Crippen molar-refractivity contribution < 1.29 is 9.90 Å². The fourth-order valence-electron chi connectivity index (χ4n) is 4.46. The molecule has 1 heterocycles. The highest BCUT2D eigenvalue weighted by Crippen LogP contribution is 2.38. The van der Waals surface area contributed by atoms with Gasteiger partial charge in [0.15, 0.2) is 0 Å². The fraction of sp³-hybridized carbons (Fsp3) is 0.682. The minimum Gasteiger partial charge on any atom is -0.393 e. The van der Waals surface area contributed by atoms with E-state index in [9.17, 15) is 9.90 Å². The number of nitrogens with one attached hydrogen (secondary N) is 1. The van der Waals surface area contributed by atoms with Gasteiger partial charge in [-0.25, -0.2) is 0 Å². The van der Waals surface area contributed by atoms with Gasteiger partial charge in [0.25, 0.3) is 0 Å². The molecule has 2 aliphatic rings. The first-order valence-electron chi connectivity index (χ1n) is 10.5. The van der Waals surface area contributed by atoms with E-state index in [1.165, 1.54) is 24.8 Å². The van der Waals surface area contributed by atoms with Crippen LogP contribution in [-0.2, 0) is 17.9 Å². The molecule has 1 saturated heterocycles. The molecule has 4 N–H and O–H groups in total. The molecule has 166 valence electrons. The molecule has 0 unspecified atom stereocenters. The summed E-state index contributed by atoms with van der Waals surface area (Å²) < 4.78 is 0. The van der Waals surface area contributed by atoms with Gasteiger partial charge in [0.2, 0.25) is 5.91 Å². The standard InChI is InChI=1S/C22H35N3O2.2ClH/c23-17-22(10-2-1-3-11-22)14-21(27)24-15-18-4-6-19(7-5-18)16-25-12-8-20(26)9-13-25;;/h4-7,20,26H,1-3,8-17,23H2,(H,24,27);2*1H. The van der Waals surface area contributed by atoms with Crippen LogP contribution in [0.5, 0.6) is 0 Å². The summed E-state index contributed by atoms with van der Waals surface area (Å²) in [6, 6.07) is 8.51. The Morgan fingerprint density at radius 1 is 1.07 bits per heavy atom. The fourth-order valence-corrected chi connectivity index (χ4v) is 4.46. The molecular weight excluding hydrogens is 409 g/mol. The number of hydrogen-bond acceptors (Lipinski definition) is 4. The van der Waals surface area contributed by atoms with Crippen molar-refractivity contribution in [3.05, 3.63) is 35.4 Å². The first kappa shape index (κ1) is 26.2. The van der Waals surface area contributed by atoms with Crippen LogP contribution < -0.4 is 11.1 Å². The zero-order valence-corrected chi connectivity index (χ0v) is 18.9. The molecule has 1 amide bonds. The maximum absolute atomic E-state index is 12.4. The average molecular weight is 446 g/mol. The van der Waals surface area contributed by atoms with E-state index in [1.807, 2.05) is 0 Å². The predicted octanol–water partition coefficient (Wildman–Crippen LogP) is 3.40. The molecule has 1 aliphatic heterocycles. The van der Waals surface area contributed by atoms with Crippen molar-refractivity contribution >= 4 is 30.7 Å². The second-order valence-electron chi connectivity index (χ2n) is 8.54. The number of rotatable bonds is 7. The highest BCUT2D eigenvalue weighted by molar-refractivity contribution is 5.85. The third-order valence-electron chi connectivity index (χ3n) is 6.36. The van der Waals surface area contributed by atoms with E-state index >= 15 is 0 Å². The van der Waals surface area contributed by atoms with E-state index in [0.29, 0.717) is 19.5 Å². The highest BCUT2D eigenvalue weighted by atomic mass is 35.5. The molecule has 1 aromatic carbocycles. The number of amides is 1.